The second-order valence-electron chi connectivity index (χ2n) is 8.70. The number of rotatable bonds is 8. The fourth-order valence-corrected chi connectivity index (χ4v) is 4.57. The number of hydrogen-bond donors (Lipinski definition) is 0. The molecule has 0 unspecified atom stereocenters. The highest BCUT2D eigenvalue weighted by molar-refractivity contribution is 9.10. The fraction of sp³-hybridized carbons (Fsp3) is 0.619. The van der Waals surface area contributed by atoms with Crippen molar-refractivity contribution in [3.05, 3.63) is 39.9 Å². The van der Waals surface area contributed by atoms with Crippen molar-refractivity contribution in [1.82, 2.24) is 0 Å². The predicted octanol–water partition coefficient (Wildman–Crippen LogP) is 6.14. The lowest BCUT2D eigenvalue weighted by atomic mass is 9.77. The fourth-order valence-electron chi connectivity index (χ4n) is 3.18. The molecule has 1 aliphatic carbocycles. The van der Waals surface area contributed by atoms with Crippen molar-refractivity contribution in [2.75, 3.05) is 27.4 Å². The van der Waals surface area contributed by atoms with E-state index in [0.717, 1.165) is 23.1 Å². The van der Waals surface area contributed by atoms with Crippen LogP contribution < -0.4 is 0 Å². The molecule has 0 spiro atoms. The number of halogens is 1. The molecule has 1 aliphatic rings. The number of hydrogen-bond acceptors (Lipinski definition) is 3. The second kappa shape index (κ2) is 8.17. The van der Waals surface area contributed by atoms with E-state index in [2.05, 4.69) is 74.1 Å². The van der Waals surface area contributed by atoms with Gasteiger partial charge in [-0.05, 0) is 54.7 Å². The van der Waals surface area contributed by atoms with Gasteiger partial charge < -0.3 is 13.9 Å². The highest BCUT2D eigenvalue weighted by Crippen LogP contribution is 2.49. The third-order valence-corrected chi connectivity index (χ3v) is 10.7. The minimum atomic E-state index is -1.93. The van der Waals surface area contributed by atoms with Gasteiger partial charge in [0.1, 0.15) is 5.76 Å². The number of benzene rings is 1. The molecule has 146 valence electrons. The van der Waals surface area contributed by atoms with E-state index in [4.69, 9.17) is 13.9 Å². The molecule has 0 N–H and O–H groups in total. The summed E-state index contributed by atoms with van der Waals surface area (Å²) in [6.07, 6.45) is 4.18. The Kier molecular flexibility index (Phi) is 6.81. The van der Waals surface area contributed by atoms with Gasteiger partial charge in [0.25, 0.3) is 0 Å². The van der Waals surface area contributed by atoms with Crippen molar-refractivity contribution < 1.29 is 13.9 Å². The van der Waals surface area contributed by atoms with Crippen molar-refractivity contribution >= 4 is 30.0 Å². The molecule has 0 amide bonds. The maximum absolute atomic E-state index is 6.76. The van der Waals surface area contributed by atoms with E-state index in [9.17, 15) is 0 Å². The lowest BCUT2D eigenvalue weighted by molar-refractivity contribution is 0.146. The molecule has 5 heteroatoms. The van der Waals surface area contributed by atoms with E-state index in [0.29, 0.717) is 13.2 Å². The Morgan fingerprint density at radius 1 is 1.04 bits per heavy atom. The average molecular weight is 441 g/mol. The summed E-state index contributed by atoms with van der Waals surface area (Å²) in [7, 11) is 1.60. The van der Waals surface area contributed by atoms with Crippen molar-refractivity contribution in [1.29, 1.82) is 0 Å². The van der Waals surface area contributed by atoms with E-state index in [1.165, 1.54) is 11.1 Å². The molecule has 0 saturated carbocycles. The van der Waals surface area contributed by atoms with Crippen LogP contribution in [0.3, 0.4) is 0 Å². The first-order chi connectivity index (χ1) is 12.1. The number of methoxy groups -OCH3 is 2. The monoisotopic (exact) mass is 440 g/mol. The van der Waals surface area contributed by atoms with Gasteiger partial charge in [-0.2, -0.15) is 0 Å². The molecule has 0 atom stereocenters. The standard InChI is InChI=1S/C21H33BrO3Si/c1-20(2,3)26(6,7)25-19-15-21(10-12-23-4,11-13-24-5)18-9-8-16(22)14-17(18)19/h8-9,14-15H,10-13H2,1-7H3. The van der Waals surface area contributed by atoms with Crippen molar-refractivity contribution in [2.24, 2.45) is 0 Å². The van der Waals surface area contributed by atoms with Crippen LogP contribution in [0.1, 0.15) is 44.7 Å². The second-order valence-corrected chi connectivity index (χ2v) is 14.3. The van der Waals surface area contributed by atoms with Gasteiger partial charge in [0.05, 0.1) is 0 Å². The molecular formula is C21H33BrO3Si. The van der Waals surface area contributed by atoms with Crippen LogP contribution in [0.25, 0.3) is 5.76 Å². The Labute approximate surface area is 168 Å². The molecule has 0 aromatic heterocycles. The number of ether oxygens (including phenoxy) is 2. The summed E-state index contributed by atoms with van der Waals surface area (Å²) in [4.78, 5) is 0. The molecule has 1 aromatic rings. The molecular weight excluding hydrogens is 408 g/mol. The van der Waals surface area contributed by atoms with E-state index in [1.54, 1.807) is 14.2 Å². The summed E-state index contributed by atoms with van der Waals surface area (Å²) in [5, 5.41) is 0.157. The summed E-state index contributed by atoms with van der Waals surface area (Å²) in [6.45, 7) is 12.9. The van der Waals surface area contributed by atoms with Crippen molar-refractivity contribution in [2.45, 2.75) is 57.2 Å². The largest absolute Gasteiger partial charge is 0.543 e. The quantitative estimate of drug-likeness (QED) is 0.454. The molecule has 0 heterocycles. The zero-order valence-electron chi connectivity index (χ0n) is 17.2. The Balaban J connectivity index is 2.51. The van der Waals surface area contributed by atoms with E-state index in [-0.39, 0.29) is 10.5 Å². The summed E-state index contributed by atoms with van der Waals surface area (Å²) in [5.41, 5.74) is 2.43. The van der Waals surface area contributed by atoms with Gasteiger partial charge in [-0.15, -0.1) is 0 Å². The van der Waals surface area contributed by atoms with Gasteiger partial charge in [-0.1, -0.05) is 42.8 Å². The summed E-state index contributed by atoms with van der Waals surface area (Å²) in [6, 6.07) is 6.54. The average Bonchev–Trinajstić information content (AvgIpc) is 2.83. The minimum Gasteiger partial charge on any atom is -0.543 e. The minimum absolute atomic E-state index is 0.0975. The Bertz CT molecular complexity index is 654. The molecule has 0 radical (unpaired) electrons. The van der Waals surface area contributed by atoms with Crippen LogP contribution in [0.5, 0.6) is 0 Å². The van der Waals surface area contributed by atoms with Gasteiger partial charge in [0, 0.05) is 42.9 Å². The van der Waals surface area contributed by atoms with Crippen LogP contribution in [0.4, 0.5) is 0 Å². The van der Waals surface area contributed by atoms with Gasteiger partial charge in [-0.3, -0.25) is 0 Å². The summed E-state index contributed by atoms with van der Waals surface area (Å²) >= 11 is 3.63. The van der Waals surface area contributed by atoms with Crippen LogP contribution >= 0.6 is 15.9 Å². The summed E-state index contributed by atoms with van der Waals surface area (Å²) in [5.74, 6) is 1.03. The predicted molar refractivity (Wildman–Crippen MR) is 115 cm³/mol. The molecule has 0 aliphatic heterocycles. The summed E-state index contributed by atoms with van der Waals surface area (Å²) < 4.78 is 18.7. The highest BCUT2D eigenvalue weighted by atomic mass is 79.9. The Morgan fingerprint density at radius 2 is 1.62 bits per heavy atom. The van der Waals surface area contributed by atoms with Gasteiger partial charge >= 0.3 is 0 Å². The van der Waals surface area contributed by atoms with Crippen molar-refractivity contribution in [3.63, 3.8) is 0 Å². The zero-order chi connectivity index (χ0) is 19.6. The zero-order valence-corrected chi connectivity index (χ0v) is 19.8. The SMILES string of the molecule is COCCC1(CCOC)C=C(O[Si](C)(C)C(C)(C)C)c2cc(Br)ccc21. The normalized spacial score (nSPS) is 16.4. The third-order valence-electron chi connectivity index (χ3n) is 5.87. The smallest absolute Gasteiger partial charge is 0.250 e. The lowest BCUT2D eigenvalue weighted by Gasteiger charge is -2.37. The Morgan fingerprint density at radius 3 is 2.12 bits per heavy atom. The third kappa shape index (κ3) is 4.43. The lowest BCUT2D eigenvalue weighted by Crippen LogP contribution is -2.40. The topological polar surface area (TPSA) is 27.7 Å². The molecule has 26 heavy (non-hydrogen) atoms. The van der Waals surface area contributed by atoms with Crippen LogP contribution in [0, 0.1) is 0 Å². The van der Waals surface area contributed by atoms with Crippen LogP contribution in [0.2, 0.25) is 18.1 Å². The van der Waals surface area contributed by atoms with Crippen molar-refractivity contribution in [3.8, 4) is 0 Å². The molecule has 2 rings (SSSR count). The highest BCUT2D eigenvalue weighted by Gasteiger charge is 2.44. The van der Waals surface area contributed by atoms with E-state index < -0.39 is 8.32 Å². The van der Waals surface area contributed by atoms with Gasteiger partial charge in [0.15, 0.2) is 0 Å². The van der Waals surface area contributed by atoms with Crippen LogP contribution in [0.15, 0.2) is 28.7 Å². The van der Waals surface area contributed by atoms with Crippen LogP contribution in [-0.4, -0.2) is 35.8 Å². The molecule has 0 bridgehead atoms. The number of allylic oxidation sites excluding steroid dienone is 1. The first-order valence-corrected chi connectivity index (χ1v) is 13.0. The first-order valence-electron chi connectivity index (χ1n) is 9.26. The molecule has 0 saturated heterocycles. The Hall–Kier alpha value is -0.623. The maximum Gasteiger partial charge on any atom is 0.250 e. The first kappa shape index (κ1) is 21.7. The molecule has 1 aromatic carbocycles. The van der Waals surface area contributed by atoms with E-state index >= 15 is 0 Å². The van der Waals surface area contributed by atoms with Crippen LogP contribution in [-0.2, 0) is 19.3 Å². The van der Waals surface area contributed by atoms with Gasteiger partial charge in [0.2, 0.25) is 8.32 Å². The van der Waals surface area contributed by atoms with E-state index in [1.807, 2.05) is 0 Å². The maximum atomic E-state index is 6.76. The molecule has 3 nitrogen and oxygen atoms in total. The van der Waals surface area contributed by atoms with Gasteiger partial charge in [-0.25, -0.2) is 0 Å². The molecule has 0 fully saturated rings. The number of fused-ring (bicyclic) bond motifs is 1.